The molecule has 30 heavy (non-hydrogen) atoms. The Morgan fingerprint density at radius 2 is 1.80 bits per heavy atom. The van der Waals surface area contributed by atoms with Crippen LogP contribution in [0.25, 0.3) is 11.4 Å². The molecule has 1 aromatic heterocycles. The molecule has 1 saturated heterocycles. The molecule has 0 N–H and O–H groups in total. The Bertz CT molecular complexity index is 1040. The number of nitrogens with zero attached hydrogens (tertiary/aromatic N) is 3. The zero-order chi connectivity index (χ0) is 21.3. The number of hydrogen-bond donors (Lipinski definition) is 0. The molecule has 4 rings (SSSR count). The topological polar surface area (TPSA) is 59.2 Å². The molecule has 5 nitrogen and oxygen atoms in total. The first-order chi connectivity index (χ1) is 14.3. The number of aromatic nitrogens is 2. The summed E-state index contributed by atoms with van der Waals surface area (Å²) in [6, 6.07) is 12.1. The summed E-state index contributed by atoms with van der Waals surface area (Å²) >= 11 is 3.38. The lowest BCUT2D eigenvalue weighted by Crippen LogP contribution is -2.38. The van der Waals surface area contributed by atoms with Gasteiger partial charge in [0.2, 0.25) is 11.7 Å². The predicted octanol–water partition coefficient (Wildman–Crippen LogP) is 5.54. The number of benzene rings is 2. The number of piperidine rings is 1. The lowest BCUT2D eigenvalue weighted by Gasteiger charge is -2.30. The van der Waals surface area contributed by atoms with E-state index in [-0.39, 0.29) is 11.5 Å². The van der Waals surface area contributed by atoms with Crippen LogP contribution >= 0.6 is 15.9 Å². The van der Waals surface area contributed by atoms with Gasteiger partial charge in [0.1, 0.15) is 0 Å². The van der Waals surface area contributed by atoms with Crippen LogP contribution in [-0.4, -0.2) is 34.0 Å². The summed E-state index contributed by atoms with van der Waals surface area (Å²) in [7, 11) is 0. The van der Waals surface area contributed by atoms with Crippen molar-refractivity contribution in [3.05, 3.63) is 70.0 Å². The lowest BCUT2D eigenvalue weighted by molar-refractivity contribution is -0.137. The number of hydrogen-bond acceptors (Lipinski definition) is 4. The van der Waals surface area contributed by atoms with Gasteiger partial charge in [-0.2, -0.15) is 18.2 Å². The van der Waals surface area contributed by atoms with E-state index in [1.165, 1.54) is 12.1 Å². The Morgan fingerprint density at radius 1 is 1.10 bits per heavy atom. The highest BCUT2D eigenvalue weighted by molar-refractivity contribution is 9.10. The van der Waals surface area contributed by atoms with Crippen LogP contribution in [0.15, 0.2) is 57.5 Å². The van der Waals surface area contributed by atoms with Gasteiger partial charge in [-0.1, -0.05) is 27.2 Å². The predicted molar refractivity (Wildman–Crippen MR) is 107 cm³/mol. The van der Waals surface area contributed by atoms with Crippen molar-refractivity contribution >= 4 is 21.8 Å². The van der Waals surface area contributed by atoms with Crippen molar-refractivity contribution in [3.8, 4) is 11.4 Å². The molecule has 0 aliphatic carbocycles. The van der Waals surface area contributed by atoms with E-state index in [4.69, 9.17) is 4.52 Å². The summed E-state index contributed by atoms with van der Waals surface area (Å²) in [5.74, 6) is 0.618. The summed E-state index contributed by atoms with van der Waals surface area (Å²) in [4.78, 5) is 18.7. The van der Waals surface area contributed by atoms with Crippen LogP contribution in [-0.2, 0) is 6.18 Å². The van der Waals surface area contributed by atoms with Crippen LogP contribution in [0.3, 0.4) is 0 Å². The Hall–Kier alpha value is -2.68. The second-order valence-electron chi connectivity index (χ2n) is 7.11. The number of rotatable bonds is 3. The molecule has 1 amide bonds. The fourth-order valence-corrected chi connectivity index (χ4v) is 3.72. The Labute approximate surface area is 179 Å². The van der Waals surface area contributed by atoms with Crippen molar-refractivity contribution in [2.75, 3.05) is 13.1 Å². The average Bonchev–Trinajstić information content (AvgIpc) is 3.24. The van der Waals surface area contributed by atoms with Gasteiger partial charge in [0.25, 0.3) is 5.91 Å². The van der Waals surface area contributed by atoms with Crippen molar-refractivity contribution < 1.29 is 22.5 Å². The Kier molecular flexibility index (Phi) is 5.64. The van der Waals surface area contributed by atoms with Crippen LogP contribution in [0.4, 0.5) is 13.2 Å². The first-order valence-electron chi connectivity index (χ1n) is 9.37. The maximum Gasteiger partial charge on any atom is 0.416 e. The molecule has 1 aliphatic heterocycles. The molecule has 156 valence electrons. The number of likely N-dealkylation sites (tertiary alicyclic amines) is 1. The van der Waals surface area contributed by atoms with Gasteiger partial charge >= 0.3 is 6.18 Å². The zero-order valence-electron chi connectivity index (χ0n) is 15.7. The second kappa shape index (κ2) is 8.22. The fraction of sp³-hybridized carbons (Fsp3) is 0.286. The minimum atomic E-state index is -4.48. The van der Waals surface area contributed by atoms with Crippen LogP contribution < -0.4 is 0 Å². The SMILES string of the molecule is O=C(c1cccc(C(F)(F)F)c1)N1CCC(c2nc(-c3ccc(Br)cc3)no2)CC1. The average molecular weight is 480 g/mol. The van der Waals surface area contributed by atoms with Crippen LogP contribution in [0, 0.1) is 0 Å². The molecule has 2 heterocycles. The highest BCUT2D eigenvalue weighted by Gasteiger charge is 2.32. The molecule has 0 bridgehead atoms. The van der Waals surface area contributed by atoms with E-state index in [1.54, 1.807) is 4.90 Å². The molecule has 0 unspecified atom stereocenters. The molecule has 0 saturated carbocycles. The van der Waals surface area contributed by atoms with E-state index >= 15 is 0 Å². The molecule has 1 aliphatic rings. The molecule has 0 radical (unpaired) electrons. The molecule has 2 aromatic carbocycles. The third kappa shape index (κ3) is 4.40. The van der Waals surface area contributed by atoms with E-state index in [1.807, 2.05) is 24.3 Å². The highest BCUT2D eigenvalue weighted by Crippen LogP contribution is 2.32. The summed E-state index contributed by atoms with van der Waals surface area (Å²) in [6.07, 6.45) is -3.27. The summed E-state index contributed by atoms with van der Waals surface area (Å²) in [5, 5.41) is 4.04. The third-order valence-corrected chi connectivity index (χ3v) is 5.64. The van der Waals surface area contributed by atoms with Crippen LogP contribution in [0.2, 0.25) is 0 Å². The maximum absolute atomic E-state index is 12.9. The quantitative estimate of drug-likeness (QED) is 0.494. The zero-order valence-corrected chi connectivity index (χ0v) is 17.3. The van der Waals surface area contributed by atoms with Crippen molar-refractivity contribution in [2.45, 2.75) is 24.9 Å². The van der Waals surface area contributed by atoms with Gasteiger partial charge in [-0.3, -0.25) is 4.79 Å². The first kappa shape index (κ1) is 20.6. The second-order valence-corrected chi connectivity index (χ2v) is 8.02. The molecular formula is C21H17BrF3N3O2. The van der Waals surface area contributed by atoms with Crippen molar-refractivity contribution in [3.63, 3.8) is 0 Å². The van der Waals surface area contributed by atoms with E-state index in [2.05, 4.69) is 26.1 Å². The van der Waals surface area contributed by atoms with Crippen LogP contribution in [0.1, 0.15) is 40.6 Å². The third-order valence-electron chi connectivity index (χ3n) is 5.11. The smallest absolute Gasteiger partial charge is 0.339 e. The van der Waals surface area contributed by atoms with Crippen molar-refractivity contribution in [1.29, 1.82) is 0 Å². The van der Waals surface area contributed by atoms with E-state index in [0.717, 1.165) is 22.2 Å². The van der Waals surface area contributed by atoms with Crippen LogP contribution in [0.5, 0.6) is 0 Å². The number of carbonyl (C=O) groups excluding carboxylic acids is 1. The van der Waals surface area contributed by atoms with Gasteiger partial charge in [-0.05, 0) is 55.3 Å². The van der Waals surface area contributed by atoms with E-state index < -0.39 is 17.6 Å². The minimum Gasteiger partial charge on any atom is -0.339 e. The summed E-state index contributed by atoms with van der Waals surface area (Å²) < 4.78 is 45.1. The maximum atomic E-state index is 12.9. The molecular weight excluding hydrogens is 463 g/mol. The number of halogens is 4. The van der Waals surface area contributed by atoms with E-state index in [9.17, 15) is 18.0 Å². The van der Waals surface area contributed by atoms with Gasteiger partial charge in [0.15, 0.2) is 0 Å². The lowest BCUT2D eigenvalue weighted by atomic mass is 9.96. The van der Waals surface area contributed by atoms with Crippen molar-refractivity contribution in [2.24, 2.45) is 0 Å². The van der Waals surface area contributed by atoms with Gasteiger partial charge in [-0.25, -0.2) is 0 Å². The monoisotopic (exact) mass is 479 g/mol. The molecule has 0 atom stereocenters. The standard InChI is InChI=1S/C21H17BrF3N3O2/c22-17-6-4-13(5-7-17)18-26-19(30-27-18)14-8-10-28(11-9-14)20(29)15-2-1-3-16(12-15)21(23,24)25/h1-7,12,14H,8-11H2. The van der Waals surface area contributed by atoms with Gasteiger partial charge < -0.3 is 9.42 Å². The van der Waals surface area contributed by atoms with Crippen molar-refractivity contribution in [1.82, 2.24) is 15.0 Å². The fourth-order valence-electron chi connectivity index (χ4n) is 3.46. The number of amides is 1. The number of carbonyl (C=O) groups is 1. The Morgan fingerprint density at radius 3 is 2.47 bits per heavy atom. The van der Waals surface area contributed by atoms with Gasteiger partial charge in [-0.15, -0.1) is 0 Å². The minimum absolute atomic E-state index is 0.00672. The molecule has 0 spiro atoms. The Balaban J connectivity index is 1.41. The molecule has 3 aromatic rings. The highest BCUT2D eigenvalue weighted by atomic mass is 79.9. The van der Waals surface area contributed by atoms with Gasteiger partial charge in [0, 0.05) is 34.6 Å². The molecule has 9 heteroatoms. The molecule has 1 fully saturated rings. The van der Waals surface area contributed by atoms with E-state index in [0.29, 0.717) is 37.6 Å². The van der Waals surface area contributed by atoms with Gasteiger partial charge in [0.05, 0.1) is 5.56 Å². The normalized spacial score (nSPS) is 15.4. The first-order valence-corrected chi connectivity index (χ1v) is 10.2. The number of alkyl halides is 3. The summed E-state index contributed by atoms with van der Waals surface area (Å²) in [6.45, 7) is 0.825. The summed E-state index contributed by atoms with van der Waals surface area (Å²) in [5.41, 5.74) is 0.0542. The largest absolute Gasteiger partial charge is 0.416 e.